The number of anilines is 3. The van der Waals surface area contributed by atoms with Crippen molar-refractivity contribution < 1.29 is 56.4 Å². The number of H-pyrrole nitrogens is 1. The van der Waals surface area contributed by atoms with Crippen molar-refractivity contribution in [3.63, 3.8) is 0 Å². The lowest BCUT2D eigenvalue weighted by atomic mass is 9.86. The van der Waals surface area contributed by atoms with Gasteiger partial charge in [-0.05, 0) is 99.0 Å². The number of aromatic nitrogens is 2. The standard InChI is InChI=1S/C57H75F2N9O10Si/c1-32(75-4)49(63-56(72)77-6)54(70)66-19-11-12-44(66)52-61-40-27-37-38(28-41(40)62-52)47-45(29-39(58)51(48(47)59)65-20-24-79(25-21-65)22-9-8-10-23-79)68-42(17-18-43(37)68)35-13-15-36(16-14-35)60-53(69)46-26-34(31-74-3)30-67(46)55(71)50(33(2)76-5)64-57(73)78-7/h13-16,27-29,32-34,42-44,46,49-50H,8-12,17-26,30-31H2,1-7H3,(H,60,69)(H,61,62)(H,63,72)(H,64,73)/t32-,33-,34+,42-,43-,44+,46+,49+,50+/m1/s1. The third-order valence-electron chi connectivity index (χ3n) is 18.1. The second-order valence-corrected chi connectivity index (χ2v) is 27.5. The van der Waals surface area contributed by atoms with E-state index in [1.165, 1.54) is 70.8 Å². The van der Waals surface area contributed by atoms with E-state index in [1.54, 1.807) is 38.0 Å². The third kappa shape index (κ3) is 10.8. The Balaban J connectivity index is 0.965. The molecule has 0 aliphatic carbocycles. The number of alkyl carbamates (subject to hydrolysis) is 2. The number of nitrogens with zero attached hydrogens (tertiary/aromatic N) is 5. The number of amides is 5. The molecule has 5 saturated heterocycles. The van der Waals surface area contributed by atoms with Gasteiger partial charge in [-0.15, -0.1) is 0 Å². The minimum Gasteiger partial charge on any atom is -0.453 e. The fourth-order valence-corrected chi connectivity index (χ4v) is 18.7. The van der Waals surface area contributed by atoms with Gasteiger partial charge in [0.25, 0.3) is 0 Å². The molecule has 19 nitrogen and oxygen atoms in total. The van der Waals surface area contributed by atoms with Crippen LogP contribution in [-0.2, 0) is 38.1 Å². The molecular weight excluding hydrogens is 1040 g/mol. The van der Waals surface area contributed by atoms with Gasteiger partial charge in [0.15, 0.2) is 11.6 Å². The number of carbonyl (C=O) groups excluding carboxylic acids is 5. The highest BCUT2D eigenvalue weighted by Gasteiger charge is 2.47. The molecule has 6 aliphatic rings. The van der Waals surface area contributed by atoms with Crippen molar-refractivity contribution >= 4 is 66.1 Å². The molecule has 0 bridgehead atoms. The summed E-state index contributed by atoms with van der Waals surface area (Å²) in [5, 5.41) is 8.23. The number of hydrogen-bond acceptors (Lipinski definition) is 13. The van der Waals surface area contributed by atoms with Crippen molar-refractivity contribution in [1.82, 2.24) is 30.4 Å². The van der Waals surface area contributed by atoms with Crippen LogP contribution in [-0.4, -0.2) is 156 Å². The molecule has 10 rings (SSSR count). The molecule has 6 aliphatic heterocycles. The predicted octanol–water partition coefficient (Wildman–Crippen LogP) is 8.34. The first-order chi connectivity index (χ1) is 38.1. The van der Waals surface area contributed by atoms with Crippen LogP contribution in [0.15, 0.2) is 42.5 Å². The minimum absolute atomic E-state index is 0.0153. The van der Waals surface area contributed by atoms with E-state index in [0.717, 1.165) is 28.7 Å². The first-order valence-corrected chi connectivity index (χ1v) is 30.8. The van der Waals surface area contributed by atoms with Crippen molar-refractivity contribution in [3.05, 3.63) is 71.1 Å². The molecule has 9 atom stereocenters. The topological polar surface area (TPSA) is 209 Å². The number of hydrogen-bond donors (Lipinski definition) is 4. The average Bonchev–Trinajstić information content (AvgIpc) is 4.19. The zero-order valence-corrected chi connectivity index (χ0v) is 47.3. The molecule has 5 amide bonds. The van der Waals surface area contributed by atoms with E-state index in [9.17, 15) is 24.0 Å². The first-order valence-electron chi connectivity index (χ1n) is 28.0. The molecule has 1 spiro atoms. The zero-order valence-electron chi connectivity index (χ0n) is 46.3. The van der Waals surface area contributed by atoms with Crippen molar-refractivity contribution in [2.45, 2.75) is 138 Å². The van der Waals surface area contributed by atoms with Crippen LogP contribution in [0.4, 0.5) is 35.4 Å². The normalized spacial score (nSPS) is 23.8. The number of ether oxygens (including phenoxy) is 5. The molecular formula is C57H75F2N9O10Si. The van der Waals surface area contributed by atoms with Crippen LogP contribution in [0, 0.1) is 17.6 Å². The maximum Gasteiger partial charge on any atom is 0.407 e. The van der Waals surface area contributed by atoms with Crippen LogP contribution < -0.4 is 25.8 Å². The molecule has 7 heterocycles. The smallest absolute Gasteiger partial charge is 0.407 e. The summed E-state index contributed by atoms with van der Waals surface area (Å²) >= 11 is 0. The number of carbonyl (C=O) groups is 5. The number of likely N-dealkylation sites (tertiary alicyclic amines) is 2. The molecule has 1 aromatic heterocycles. The van der Waals surface area contributed by atoms with Crippen LogP contribution in [0.1, 0.15) is 100 Å². The summed E-state index contributed by atoms with van der Waals surface area (Å²) in [5.74, 6) is -1.97. The number of nitrogens with one attached hydrogen (secondary N) is 4. The predicted molar refractivity (Wildman–Crippen MR) is 296 cm³/mol. The van der Waals surface area contributed by atoms with Crippen LogP contribution in [0.3, 0.4) is 0 Å². The largest absolute Gasteiger partial charge is 0.453 e. The summed E-state index contributed by atoms with van der Waals surface area (Å²) in [6.07, 6.45) is 3.84. The van der Waals surface area contributed by atoms with E-state index < -0.39 is 80.1 Å². The SMILES string of the molecule is COC[C@H]1C[C@@H](C(=O)Nc2ccc([C@H]3CC[C@@H]4c5cc6[nH]c([C@@H]7CCCN7C(=O)[C@@H](NC(=O)OC)[C@@H](C)OC)nc6cc5-c5c(cc(F)c(N6CC[Si]7(CCCCC7)CC6)c5F)N34)cc2)N(C(=O)[C@@H](NC(=O)OC)[C@@H](C)OC)C1. The molecule has 0 unspecified atom stereocenters. The molecule has 4 N–H and O–H groups in total. The molecule has 0 saturated carbocycles. The maximum absolute atomic E-state index is 18.1. The lowest BCUT2D eigenvalue weighted by Crippen LogP contribution is -2.56. The number of aromatic amines is 1. The second-order valence-electron chi connectivity index (χ2n) is 22.5. The summed E-state index contributed by atoms with van der Waals surface area (Å²) in [4.78, 5) is 83.1. The van der Waals surface area contributed by atoms with Gasteiger partial charge in [0.1, 0.15) is 29.6 Å². The van der Waals surface area contributed by atoms with E-state index >= 15 is 8.78 Å². The van der Waals surface area contributed by atoms with Gasteiger partial charge in [-0.25, -0.2) is 23.4 Å². The molecule has 5 fully saturated rings. The molecule has 3 aromatic carbocycles. The second kappa shape index (κ2) is 23.4. The van der Waals surface area contributed by atoms with Crippen molar-refractivity contribution in [3.8, 4) is 11.1 Å². The van der Waals surface area contributed by atoms with Crippen LogP contribution in [0.2, 0.25) is 24.2 Å². The number of imidazole rings is 1. The monoisotopic (exact) mass is 1110 g/mol. The highest BCUT2D eigenvalue weighted by Crippen LogP contribution is 2.58. The van der Waals surface area contributed by atoms with Crippen LogP contribution >= 0.6 is 0 Å². The van der Waals surface area contributed by atoms with Crippen LogP contribution in [0.25, 0.3) is 22.2 Å². The Bertz CT molecular complexity index is 2930. The van der Waals surface area contributed by atoms with E-state index in [2.05, 4.69) is 25.8 Å². The van der Waals surface area contributed by atoms with Gasteiger partial charge in [0.05, 0.1) is 76.0 Å². The minimum atomic E-state index is -1.48. The Labute approximate surface area is 460 Å². The Morgan fingerprint density at radius 1 is 0.759 bits per heavy atom. The zero-order chi connectivity index (χ0) is 55.9. The Morgan fingerprint density at radius 2 is 1.41 bits per heavy atom. The number of methoxy groups -OCH3 is 5. The van der Waals surface area contributed by atoms with E-state index in [1.807, 2.05) is 29.2 Å². The summed E-state index contributed by atoms with van der Waals surface area (Å²) in [5.41, 5.74) is 5.03. The summed E-state index contributed by atoms with van der Waals surface area (Å²) in [7, 11) is 5.43. The third-order valence-corrected chi connectivity index (χ3v) is 23.5. The lowest BCUT2D eigenvalue weighted by molar-refractivity contribution is -0.141. The van der Waals surface area contributed by atoms with Gasteiger partial charge in [0.2, 0.25) is 17.7 Å². The highest BCUT2D eigenvalue weighted by molar-refractivity contribution is 6.80. The lowest BCUT2D eigenvalue weighted by Gasteiger charge is -2.44. The van der Waals surface area contributed by atoms with Gasteiger partial charge >= 0.3 is 12.2 Å². The van der Waals surface area contributed by atoms with E-state index in [-0.39, 0.29) is 36.1 Å². The van der Waals surface area contributed by atoms with E-state index in [0.29, 0.717) is 92.2 Å². The highest BCUT2D eigenvalue weighted by atomic mass is 28.3. The fraction of sp³-hybridized carbons (Fsp3) is 0.579. The maximum atomic E-state index is 18.1. The van der Waals surface area contributed by atoms with Crippen molar-refractivity contribution in [1.29, 1.82) is 0 Å². The Hall–Kier alpha value is -6.36. The number of benzene rings is 3. The van der Waals surface area contributed by atoms with Gasteiger partial charge < -0.3 is 64.2 Å². The molecule has 0 radical (unpaired) electrons. The van der Waals surface area contributed by atoms with Gasteiger partial charge in [-0.2, -0.15) is 0 Å². The summed E-state index contributed by atoms with van der Waals surface area (Å²) in [6.45, 7) is 5.61. The van der Waals surface area contributed by atoms with Crippen molar-refractivity contribution in [2.75, 3.05) is 83.5 Å². The van der Waals surface area contributed by atoms with Gasteiger partial charge in [-0.3, -0.25) is 14.4 Å². The first kappa shape index (κ1) is 55.9. The van der Waals surface area contributed by atoms with Crippen molar-refractivity contribution in [2.24, 2.45) is 5.92 Å². The average molecular weight is 1110 g/mol. The molecule has 4 aromatic rings. The molecule has 79 heavy (non-hydrogen) atoms. The van der Waals surface area contributed by atoms with Gasteiger partial charge in [0, 0.05) is 70.7 Å². The van der Waals surface area contributed by atoms with Crippen LogP contribution in [0.5, 0.6) is 0 Å². The van der Waals surface area contributed by atoms with E-state index in [4.69, 9.17) is 28.7 Å². The quantitative estimate of drug-likeness (QED) is 0.0827. The summed E-state index contributed by atoms with van der Waals surface area (Å²) in [6, 6.07) is 13.6. The number of fused-ring (bicyclic) bond motifs is 7. The number of halogens is 2. The summed E-state index contributed by atoms with van der Waals surface area (Å²) < 4.78 is 61.2. The Kier molecular flexibility index (Phi) is 16.6. The molecule has 22 heteroatoms. The molecule has 426 valence electrons. The Morgan fingerprint density at radius 3 is 2.04 bits per heavy atom. The number of rotatable bonds is 15. The van der Waals surface area contributed by atoms with Gasteiger partial charge in [-0.1, -0.05) is 43.5 Å². The fourth-order valence-electron chi connectivity index (χ4n) is 13.7.